The topological polar surface area (TPSA) is 93.2 Å². The molecule has 26 heavy (non-hydrogen) atoms. The molecule has 144 valence electrons. The van der Waals surface area contributed by atoms with Gasteiger partial charge in [0.25, 0.3) is 11.8 Å². The van der Waals surface area contributed by atoms with Crippen LogP contribution in [0.15, 0.2) is 0 Å². The third kappa shape index (κ3) is 4.27. The summed E-state index contributed by atoms with van der Waals surface area (Å²) in [6.07, 6.45) is 2.90. The molecule has 1 aliphatic heterocycles. The summed E-state index contributed by atoms with van der Waals surface area (Å²) in [6.45, 7) is 11.4. The molecule has 2 heterocycles. The highest BCUT2D eigenvalue weighted by Crippen LogP contribution is 2.44. The Bertz CT molecular complexity index is 686. The third-order valence-electron chi connectivity index (χ3n) is 5.80. The van der Waals surface area contributed by atoms with Crippen LogP contribution in [0.5, 0.6) is 0 Å². The number of piperazine rings is 1. The predicted molar refractivity (Wildman–Crippen MR) is 104 cm³/mol. The van der Waals surface area contributed by atoms with Crippen LogP contribution in [0.2, 0.25) is 0 Å². The van der Waals surface area contributed by atoms with Crippen molar-refractivity contribution in [2.24, 2.45) is 17.1 Å². The molecule has 0 spiro atoms. The zero-order chi connectivity index (χ0) is 18.9. The van der Waals surface area contributed by atoms with Crippen LogP contribution in [0, 0.1) is 11.3 Å². The zero-order valence-electron chi connectivity index (χ0n) is 16.1. The number of hydrogen-bond donors (Lipinski definition) is 4. The fourth-order valence-corrected chi connectivity index (χ4v) is 5.48. The Balaban J connectivity index is 1.76. The number of anilines is 1. The fourth-order valence-electron chi connectivity index (χ4n) is 4.13. The number of fused-ring (bicyclic) bond motifs is 1. The standard InChI is InChI=1S/C19H30N4O2S/c1-19(2,3)12-4-5-13-14(10-12)26-18(16(13)17(20)25)22-15(24)11-23-8-6-21-7-9-23/h12,21H,4-11H2,1-3H3,(H2,20,25)(H,22,24)/p+2/t12-/m1/s1. The molecular formula is C19H32N4O2S+2. The molecule has 7 heteroatoms. The minimum absolute atomic E-state index is 0.0182. The van der Waals surface area contributed by atoms with E-state index < -0.39 is 5.91 Å². The lowest BCUT2D eigenvalue weighted by molar-refractivity contribution is -0.940. The molecule has 6 N–H and O–H groups in total. The van der Waals surface area contributed by atoms with E-state index in [1.807, 2.05) is 0 Å². The summed E-state index contributed by atoms with van der Waals surface area (Å²) < 4.78 is 0. The van der Waals surface area contributed by atoms with Gasteiger partial charge in [0.1, 0.15) is 31.2 Å². The second kappa shape index (κ2) is 7.66. The molecule has 2 amide bonds. The van der Waals surface area contributed by atoms with Crippen LogP contribution >= 0.6 is 11.3 Å². The maximum absolute atomic E-state index is 12.5. The van der Waals surface area contributed by atoms with Crippen LogP contribution in [0.3, 0.4) is 0 Å². The van der Waals surface area contributed by atoms with Gasteiger partial charge < -0.3 is 21.3 Å². The second-order valence-electron chi connectivity index (χ2n) is 8.72. The van der Waals surface area contributed by atoms with Crippen LogP contribution < -0.4 is 21.3 Å². The number of quaternary nitrogens is 2. The lowest BCUT2D eigenvalue weighted by Gasteiger charge is -2.33. The molecular weight excluding hydrogens is 348 g/mol. The summed E-state index contributed by atoms with van der Waals surface area (Å²) in [6, 6.07) is 0. The van der Waals surface area contributed by atoms with E-state index in [9.17, 15) is 9.59 Å². The molecule has 3 rings (SSSR count). The summed E-state index contributed by atoms with van der Waals surface area (Å²) in [4.78, 5) is 27.1. The highest BCUT2D eigenvalue weighted by Gasteiger charge is 2.33. The van der Waals surface area contributed by atoms with E-state index in [0.29, 0.717) is 23.0 Å². The number of carbonyl (C=O) groups excluding carboxylic acids is 2. The number of hydrogen-bond acceptors (Lipinski definition) is 3. The van der Waals surface area contributed by atoms with Crippen molar-refractivity contribution in [2.45, 2.75) is 40.0 Å². The fraction of sp³-hybridized carbons (Fsp3) is 0.684. The van der Waals surface area contributed by atoms with Gasteiger partial charge in [0.15, 0.2) is 6.54 Å². The average Bonchev–Trinajstić information content (AvgIpc) is 2.91. The Labute approximate surface area is 159 Å². The average molecular weight is 381 g/mol. The number of amides is 2. The van der Waals surface area contributed by atoms with E-state index in [4.69, 9.17) is 5.73 Å². The van der Waals surface area contributed by atoms with Gasteiger partial charge in [-0.2, -0.15) is 0 Å². The molecule has 1 saturated heterocycles. The van der Waals surface area contributed by atoms with Gasteiger partial charge in [-0.05, 0) is 36.2 Å². The molecule has 1 aliphatic carbocycles. The Morgan fingerprint density at radius 3 is 2.62 bits per heavy atom. The first-order valence-corrected chi connectivity index (χ1v) is 10.5. The summed E-state index contributed by atoms with van der Waals surface area (Å²) >= 11 is 1.55. The largest absolute Gasteiger partial charge is 0.365 e. The highest BCUT2D eigenvalue weighted by atomic mass is 32.1. The maximum atomic E-state index is 12.5. The van der Waals surface area contributed by atoms with Crippen molar-refractivity contribution >= 4 is 28.2 Å². The molecule has 0 radical (unpaired) electrons. The van der Waals surface area contributed by atoms with E-state index in [0.717, 1.165) is 51.0 Å². The normalized spacial score (nSPS) is 21.3. The smallest absolute Gasteiger partial charge is 0.280 e. The minimum atomic E-state index is -0.424. The van der Waals surface area contributed by atoms with Crippen LogP contribution in [-0.2, 0) is 17.6 Å². The van der Waals surface area contributed by atoms with Gasteiger partial charge in [-0.3, -0.25) is 9.59 Å². The lowest BCUT2D eigenvalue weighted by atomic mass is 9.72. The zero-order valence-corrected chi connectivity index (χ0v) is 16.9. The third-order valence-corrected chi connectivity index (χ3v) is 6.97. The molecule has 1 aromatic rings. The lowest BCUT2D eigenvalue weighted by Crippen LogP contribution is -3.21. The Kier molecular flexibility index (Phi) is 5.69. The summed E-state index contributed by atoms with van der Waals surface area (Å²) in [5.74, 6) is 0.147. The second-order valence-corrected chi connectivity index (χ2v) is 9.82. The Morgan fingerprint density at radius 1 is 1.31 bits per heavy atom. The van der Waals surface area contributed by atoms with Crippen molar-refractivity contribution in [3.8, 4) is 0 Å². The molecule has 0 saturated carbocycles. The van der Waals surface area contributed by atoms with Crippen molar-refractivity contribution in [1.82, 2.24) is 0 Å². The van der Waals surface area contributed by atoms with Gasteiger partial charge in [-0.15, -0.1) is 11.3 Å². The Morgan fingerprint density at radius 2 is 2.00 bits per heavy atom. The monoisotopic (exact) mass is 380 g/mol. The van der Waals surface area contributed by atoms with Crippen LogP contribution in [0.4, 0.5) is 5.00 Å². The minimum Gasteiger partial charge on any atom is -0.365 e. The molecule has 1 fully saturated rings. The summed E-state index contributed by atoms with van der Waals surface area (Å²) in [5, 5.41) is 5.94. The highest BCUT2D eigenvalue weighted by molar-refractivity contribution is 7.17. The molecule has 0 unspecified atom stereocenters. The molecule has 2 aliphatic rings. The van der Waals surface area contributed by atoms with E-state index >= 15 is 0 Å². The number of thiophene rings is 1. The van der Waals surface area contributed by atoms with E-state index in [2.05, 4.69) is 31.4 Å². The van der Waals surface area contributed by atoms with Crippen molar-refractivity contribution in [1.29, 1.82) is 0 Å². The van der Waals surface area contributed by atoms with E-state index in [1.54, 1.807) is 11.3 Å². The summed E-state index contributed by atoms with van der Waals surface area (Å²) in [5.41, 5.74) is 7.53. The van der Waals surface area contributed by atoms with E-state index in [1.165, 1.54) is 9.78 Å². The van der Waals surface area contributed by atoms with E-state index in [-0.39, 0.29) is 11.3 Å². The van der Waals surface area contributed by atoms with Gasteiger partial charge in [-0.25, -0.2) is 0 Å². The Hall–Kier alpha value is -1.44. The van der Waals surface area contributed by atoms with Crippen LogP contribution in [0.25, 0.3) is 0 Å². The van der Waals surface area contributed by atoms with Crippen molar-refractivity contribution in [3.63, 3.8) is 0 Å². The first-order valence-electron chi connectivity index (χ1n) is 9.65. The first kappa shape index (κ1) is 19.3. The van der Waals surface area contributed by atoms with Crippen LogP contribution in [-0.4, -0.2) is 44.5 Å². The molecule has 0 bridgehead atoms. The quantitative estimate of drug-likeness (QED) is 0.561. The molecule has 0 aromatic carbocycles. The molecule has 1 aromatic heterocycles. The predicted octanol–water partition coefficient (Wildman–Crippen LogP) is -0.602. The number of nitrogens with two attached hydrogens (primary N) is 2. The van der Waals surface area contributed by atoms with Gasteiger partial charge in [-0.1, -0.05) is 20.8 Å². The van der Waals surface area contributed by atoms with Gasteiger partial charge in [0.05, 0.1) is 5.56 Å². The van der Waals surface area contributed by atoms with Crippen molar-refractivity contribution in [3.05, 3.63) is 16.0 Å². The number of rotatable bonds is 4. The SMILES string of the molecule is CC(C)(C)[C@@H]1CCc2c(sc(NC(=O)C[NH+]3CC[NH2+]CC3)c2C(N)=O)C1. The first-order chi connectivity index (χ1) is 12.3. The summed E-state index contributed by atoms with van der Waals surface area (Å²) in [7, 11) is 0. The van der Waals surface area contributed by atoms with Crippen molar-refractivity contribution in [2.75, 3.05) is 38.0 Å². The van der Waals surface area contributed by atoms with Gasteiger partial charge in [0, 0.05) is 4.88 Å². The van der Waals surface area contributed by atoms with Gasteiger partial charge in [0.2, 0.25) is 0 Å². The number of carbonyl (C=O) groups is 2. The van der Waals surface area contributed by atoms with Crippen molar-refractivity contribution < 1.29 is 19.8 Å². The molecule has 6 nitrogen and oxygen atoms in total. The van der Waals surface area contributed by atoms with Crippen LogP contribution in [0.1, 0.15) is 48.0 Å². The number of nitrogens with one attached hydrogen (secondary N) is 2. The van der Waals surface area contributed by atoms with Gasteiger partial charge >= 0.3 is 0 Å². The maximum Gasteiger partial charge on any atom is 0.280 e. The number of primary amides is 1. The molecule has 1 atom stereocenters.